The number of alkyl halides is 1. The number of para-hydroxylation sites is 1. The molecule has 1 aliphatic heterocycles. The molecule has 4 rings (SSSR count). The standard InChI is InChI=1S/C19H20FN3S/c20-10-7-14-8-11-23(12-9-14)18-6-5-15(13-21-18)19-22-16-3-1-2-4-17(16)24-19/h1-6,13-14H,7-12H2. The fraction of sp³-hybridized carbons (Fsp3) is 0.368. The van der Waals surface area contributed by atoms with E-state index in [0.717, 1.165) is 47.8 Å². The van der Waals surface area contributed by atoms with Gasteiger partial charge in [-0.05, 0) is 49.4 Å². The third kappa shape index (κ3) is 3.13. The lowest BCUT2D eigenvalue weighted by atomic mass is 9.94. The van der Waals surface area contributed by atoms with E-state index >= 15 is 0 Å². The molecule has 5 heteroatoms. The summed E-state index contributed by atoms with van der Waals surface area (Å²) in [5, 5.41) is 1.01. The van der Waals surface area contributed by atoms with Crippen LogP contribution < -0.4 is 4.90 Å². The molecule has 1 aliphatic rings. The molecular formula is C19H20FN3S. The maximum absolute atomic E-state index is 12.4. The summed E-state index contributed by atoms with van der Waals surface area (Å²) in [6.45, 7) is 1.75. The van der Waals surface area contributed by atoms with Crippen molar-refractivity contribution in [2.24, 2.45) is 5.92 Å². The molecule has 3 nitrogen and oxygen atoms in total. The summed E-state index contributed by atoms with van der Waals surface area (Å²) in [4.78, 5) is 11.6. The van der Waals surface area contributed by atoms with E-state index in [0.29, 0.717) is 12.3 Å². The quantitative estimate of drug-likeness (QED) is 0.673. The van der Waals surface area contributed by atoms with E-state index in [4.69, 9.17) is 0 Å². The van der Waals surface area contributed by atoms with Crippen LogP contribution in [-0.2, 0) is 0 Å². The van der Waals surface area contributed by atoms with Crippen molar-refractivity contribution >= 4 is 27.4 Å². The van der Waals surface area contributed by atoms with Gasteiger partial charge in [0.1, 0.15) is 10.8 Å². The predicted octanol–water partition coefficient (Wildman–Crippen LogP) is 4.93. The first-order valence-electron chi connectivity index (χ1n) is 8.46. The molecule has 0 bridgehead atoms. The normalized spacial score (nSPS) is 16.0. The second-order valence-corrected chi connectivity index (χ2v) is 7.33. The molecule has 3 heterocycles. The van der Waals surface area contributed by atoms with Gasteiger partial charge in [0.2, 0.25) is 0 Å². The summed E-state index contributed by atoms with van der Waals surface area (Å²) in [5.74, 6) is 1.55. The van der Waals surface area contributed by atoms with Crippen LogP contribution in [-0.4, -0.2) is 29.7 Å². The number of aromatic nitrogens is 2. The van der Waals surface area contributed by atoms with Crippen LogP contribution in [0.4, 0.5) is 10.2 Å². The SMILES string of the molecule is FCCC1CCN(c2ccc(-c3nc4ccccc4s3)cn2)CC1. The van der Waals surface area contributed by atoms with Crippen molar-refractivity contribution in [3.63, 3.8) is 0 Å². The van der Waals surface area contributed by atoms with E-state index < -0.39 is 0 Å². The van der Waals surface area contributed by atoms with Crippen molar-refractivity contribution in [2.75, 3.05) is 24.7 Å². The maximum atomic E-state index is 12.4. The summed E-state index contributed by atoms with van der Waals surface area (Å²) in [7, 11) is 0. The van der Waals surface area contributed by atoms with Gasteiger partial charge in [0.25, 0.3) is 0 Å². The highest BCUT2D eigenvalue weighted by Crippen LogP contribution is 2.31. The number of hydrogen-bond donors (Lipinski definition) is 0. The lowest BCUT2D eigenvalue weighted by Crippen LogP contribution is -2.34. The zero-order valence-electron chi connectivity index (χ0n) is 13.5. The van der Waals surface area contributed by atoms with Gasteiger partial charge in [0.05, 0.1) is 16.9 Å². The van der Waals surface area contributed by atoms with Gasteiger partial charge in [-0.1, -0.05) is 12.1 Å². The van der Waals surface area contributed by atoms with Crippen molar-refractivity contribution in [3.05, 3.63) is 42.6 Å². The second kappa shape index (κ2) is 6.85. The summed E-state index contributed by atoms with van der Waals surface area (Å²) in [5.41, 5.74) is 2.10. The lowest BCUT2D eigenvalue weighted by Gasteiger charge is -2.32. The number of halogens is 1. The molecule has 0 N–H and O–H groups in total. The Bertz CT molecular complexity index is 774. The predicted molar refractivity (Wildman–Crippen MR) is 98.4 cm³/mol. The largest absolute Gasteiger partial charge is 0.357 e. The van der Waals surface area contributed by atoms with Crippen LogP contribution in [0.2, 0.25) is 0 Å². The maximum Gasteiger partial charge on any atom is 0.128 e. The fourth-order valence-electron chi connectivity index (χ4n) is 3.30. The average Bonchev–Trinajstić information content (AvgIpc) is 3.07. The molecule has 1 saturated heterocycles. The zero-order chi connectivity index (χ0) is 16.4. The van der Waals surface area contributed by atoms with Gasteiger partial charge in [-0.25, -0.2) is 9.97 Å². The summed E-state index contributed by atoms with van der Waals surface area (Å²) in [6, 6.07) is 12.4. The number of benzene rings is 1. The lowest BCUT2D eigenvalue weighted by molar-refractivity contribution is 0.332. The number of pyridine rings is 1. The number of anilines is 1. The number of rotatable bonds is 4. The van der Waals surface area contributed by atoms with Gasteiger partial charge in [0.15, 0.2) is 0 Å². The minimum absolute atomic E-state index is 0.195. The Morgan fingerprint density at radius 1 is 1.12 bits per heavy atom. The number of piperidine rings is 1. The smallest absolute Gasteiger partial charge is 0.128 e. The summed E-state index contributed by atoms with van der Waals surface area (Å²) < 4.78 is 13.6. The fourth-order valence-corrected chi connectivity index (χ4v) is 4.26. The van der Waals surface area contributed by atoms with Gasteiger partial charge in [-0.2, -0.15) is 0 Å². The Balaban J connectivity index is 1.49. The molecule has 24 heavy (non-hydrogen) atoms. The van der Waals surface area contributed by atoms with Crippen LogP contribution in [0.15, 0.2) is 42.6 Å². The van der Waals surface area contributed by atoms with Gasteiger partial charge >= 0.3 is 0 Å². The van der Waals surface area contributed by atoms with Crippen LogP contribution in [0.3, 0.4) is 0 Å². The summed E-state index contributed by atoms with van der Waals surface area (Å²) >= 11 is 1.70. The van der Waals surface area contributed by atoms with Gasteiger partial charge in [-0.15, -0.1) is 11.3 Å². The highest BCUT2D eigenvalue weighted by atomic mass is 32.1. The Hall–Kier alpha value is -2.01. The molecule has 0 spiro atoms. The first kappa shape index (κ1) is 15.5. The third-order valence-electron chi connectivity index (χ3n) is 4.74. The first-order chi connectivity index (χ1) is 11.8. The minimum atomic E-state index is -0.195. The van der Waals surface area contributed by atoms with Gasteiger partial charge < -0.3 is 4.90 Å². The molecule has 0 radical (unpaired) electrons. The molecule has 0 atom stereocenters. The van der Waals surface area contributed by atoms with Crippen LogP contribution in [0.1, 0.15) is 19.3 Å². The number of fused-ring (bicyclic) bond motifs is 1. The molecule has 2 aromatic heterocycles. The van der Waals surface area contributed by atoms with Crippen molar-refractivity contribution in [2.45, 2.75) is 19.3 Å². The Morgan fingerprint density at radius 2 is 1.96 bits per heavy atom. The molecule has 3 aromatic rings. The Labute approximate surface area is 145 Å². The van der Waals surface area contributed by atoms with E-state index in [2.05, 4.69) is 33.1 Å². The van der Waals surface area contributed by atoms with E-state index in [1.165, 1.54) is 4.70 Å². The molecular weight excluding hydrogens is 321 g/mol. The molecule has 124 valence electrons. The first-order valence-corrected chi connectivity index (χ1v) is 9.28. The van der Waals surface area contributed by atoms with E-state index in [1.807, 2.05) is 24.4 Å². The third-order valence-corrected chi connectivity index (χ3v) is 5.83. The van der Waals surface area contributed by atoms with Crippen molar-refractivity contribution in [1.82, 2.24) is 9.97 Å². The highest BCUT2D eigenvalue weighted by Gasteiger charge is 2.20. The van der Waals surface area contributed by atoms with E-state index in [1.54, 1.807) is 11.3 Å². The summed E-state index contributed by atoms with van der Waals surface area (Å²) in [6.07, 6.45) is 4.74. The van der Waals surface area contributed by atoms with Crippen LogP contribution >= 0.6 is 11.3 Å². The van der Waals surface area contributed by atoms with Crippen LogP contribution in [0.5, 0.6) is 0 Å². The molecule has 1 aromatic carbocycles. The van der Waals surface area contributed by atoms with Crippen molar-refractivity contribution in [3.8, 4) is 10.6 Å². The zero-order valence-corrected chi connectivity index (χ0v) is 14.3. The molecule has 0 amide bonds. The minimum Gasteiger partial charge on any atom is -0.357 e. The Morgan fingerprint density at radius 3 is 2.67 bits per heavy atom. The number of thiazole rings is 1. The molecule has 0 aliphatic carbocycles. The number of nitrogens with zero attached hydrogens (tertiary/aromatic N) is 3. The van der Waals surface area contributed by atoms with E-state index in [9.17, 15) is 4.39 Å². The van der Waals surface area contributed by atoms with E-state index in [-0.39, 0.29) is 6.67 Å². The second-order valence-electron chi connectivity index (χ2n) is 6.30. The Kier molecular flexibility index (Phi) is 4.43. The monoisotopic (exact) mass is 341 g/mol. The topological polar surface area (TPSA) is 29.0 Å². The van der Waals surface area contributed by atoms with Crippen molar-refractivity contribution in [1.29, 1.82) is 0 Å². The van der Waals surface area contributed by atoms with Gasteiger partial charge in [0, 0.05) is 24.8 Å². The van der Waals surface area contributed by atoms with Crippen LogP contribution in [0, 0.1) is 5.92 Å². The molecule has 1 fully saturated rings. The van der Waals surface area contributed by atoms with Crippen molar-refractivity contribution < 1.29 is 4.39 Å². The molecule has 0 saturated carbocycles. The van der Waals surface area contributed by atoms with Crippen LogP contribution in [0.25, 0.3) is 20.8 Å². The highest BCUT2D eigenvalue weighted by molar-refractivity contribution is 7.21. The van der Waals surface area contributed by atoms with Gasteiger partial charge in [-0.3, -0.25) is 4.39 Å². The molecule has 0 unspecified atom stereocenters. The average molecular weight is 341 g/mol. The number of hydrogen-bond acceptors (Lipinski definition) is 4.